The summed E-state index contributed by atoms with van der Waals surface area (Å²) in [5, 5.41) is 7.24. The van der Waals surface area contributed by atoms with Gasteiger partial charge in [0.1, 0.15) is 5.75 Å². The number of hydrogen-bond acceptors (Lipinski definition) is 3. The van der Waals surface area contributed by atoms with Crippen molar-refractivity contribution in [3.8, 4) is 5.75 Å². The van der Waals surface area contributed by atoms with E-state index in [4.69, 9.17) is 4.74 Å². The third kappa shape index (κ3) is 4.43. The lowest BCUT2D eigenvalue weighted by molar-refractivity contribution is 0.102. The molecule has 3 rings (SSSR count). The van der Waals surface area contributed by atoms with Crippen LogP contribution in [0.15, 0.2) is 54.7 Å². The molecule has 1 heterocycles. The smallest absolute Gasteiger partial charge is 0.256 e. The lowest BCUT2D eigenvalue weighted by atomic mass is 10.1. The predicted octanol–water partition coefficient (Wildman–Crippen LogP) is 4.19. The van der Waals surface area contributed by atoms with E-state index in [1.165, 1.54) is 0 Å². The fourth-order valence-electron chi connectivity index (χ4n) is 2.81. The molecule has 0 atom stereocenters. The second-order valence-corrected chi connectivity index (χ2v) is 6.51. The van der Waals surface area contributed by atoms with Gasteiger partial charge in [-0.25, -0.2) is 0 Å². The number of rotatable bonds is 8. The van der Waals surface area contributed by atoms with Crippen molar-refractivity contribution in [3.63, 3.8) is 0 Å². The third-order valence-electron chi connectivity index (χ3n) is 4.11. The van der Waals surface area contributed by atoms with Gasteiger partial charge in [-0.1, -0.05) is 32.0 Å². The van der Waals surface area contributed by atoms with Crippen molar-refractivity contribution in [2.24, 2.45) is 0 Å². The van der Waals surface area contributed by atoms with Crippen molar-refractivity contribution in [1.29, 1.82) is 0 Å². The summed E-state index contributed by atoms with van der Waals surface area (Å²) in [5.41, 5.74) is 2.27. The second-order valence-electron chi connectivity index (χ2n) is 6.51. The van der Waals surface area contributed by atoms with Gasteiger partial charge in [-0.3, -0.25) is 4.79 Å². The number of nitrogens with one attached hydrogen (secondary N) is 3. The fourth-order valence-corrected chi connectivity index (χ4v) is 2.81. The number of aromatic nitrogens is 1. The Labute approximate surface area is 153 Å². The van der Waals surface area contributed by atoms with Crippen LogP contribution in [-0.2, 0) is 0 Å². The van der Waals surface area contributed by atoms with E-state index in [0.29, 0.717) is 29.6 Å². The molecule has 1 amide bonds. The molecule has 2 aromatic carbocycles. The van der Waals surface area contributed by atoms with Crippen LogP contribution < -0.4 is 15.4 Å². The average molecular weight is 351 g/mol. The maximum Gasteiger partial charge on any atom is 0.256 e. The Kier molecular flexibility index (Phi) is 5.92. The predicted molar refractivity (Wildman–Crippen MR) is 106 cm³/mol. The average Bonchev–Trinajstić information content (AvgIpc) is 3.11. The molecule has 0 aliphatic heterocycles. The summed E-state index contributed by atoms with van der Waals surface area (Å²) in [7, 11) is 0. The van der Waals surface area contributed by atoms with Crippen LogP contribution in [0, 0.1) is 0 Å². The summed E-state index contributed by atoms with van der Waals surface area (Å²) in [6.07, 6.45) is 2.74. The molecule has 26 heavy (non-hydrogen) atoms. The van der Waals surface area contributed by atoms with E-state index >= 15 is 0 Å². The monoisotopic (exact) mass is 351 g/mol. The van der Waals surface area contributed by atoms with Crippen LogP contribution in [0.25, 0.3) is 10.9 Å². The van der Waals surface area contributed by atoms with Crippen LogP contribution >= 0.6 is 0 Å². The van der Waals surface area contributed by atoms with Crippen LogP contribution in [-0.4, -0.2) is 30.1 Å². The maximum absolute atomic E-state index is 12.7. The lowest BCUT2D eigenvalue weighted by Crippen LogP contribution is -2.24. The highest BCUT2D eigenvalue weighted by molar-refractivity contribution is 6.12. The zero-order chi connectivity index (χ0) is 18.4. The number of ether oxygens (including phenoxy) is 1. The van der Waals surface area contributed by atoms with E-state index in [1.54, 1.807) is 0 Å². The molecule has 1 aromatic heterocycles. The maximum atomic E-state index is 12.7. The largest absolute Gasteiger partial charge is 0.491 e. The number of benzene rings is 2. The van der Waals surface area contributed by atoms with Crippen molar-refractivity contribution in [3.05, 3.63) is 60.3 Å². The first-order valence-electron chi connectivity index (χ1n) is 8.98. The van der Waals surface area contributed by atoms with Gasteiger partial charge in [-0.15, -0.1) is 0 Å². The minimum atomic E-state index is -0.146. The summed E-state index contributed by atoms with van der Waals surface area (Å²) < 4.78 is 5.87. The van der Waals surface area contributed by atoms with Crippen molar-refractivity contribution >= 4 is 22.5 Å². The van der Waals surface area contributed by atoms with Crippen LogP contribution in [0.3, 0.4) is 0 Å². The number of hydrogen-bond donors (Lipinski definition) is 3. The molecule has 0 saturated heterocycles. The van der Waals surface area contributed by atoms with Crippen molar-refractivity contribution < 1.29 is 9.53 Å². The molecule has 5 nitrogen and oxygen atoms in total. The van der Waals surface area contributed by atoms with Crippen LogP contribution in [0.5, 0.6) is 5.75 Å². The Morgan fingerprint density at radius 1 is 1.12 bits per heavy atom. The quantitative estimate of drug-likeness (QED) is 0.533. The Morgan fingerprint density at radius 3 is 2.81 bits per heavy atom. The Morgan fingerprint density at radius 2 is 1.96 bits per heavy atom. The summed E-state index contributed by atoms with van der Waals surface area (Å²) in [6.45, 7) is 5.75. The van der Waals surface area contributed by atoms with E-state index in [9.17, 15) is 4.79 Å². The molecule has 0 aliphatic carbocycles. The van der Waals surface area contributed by atoms with Gasteiger partial charge in [0, 0.05) is 28.7 Å². The molecule has 0 aliphatic rings. The first-order chi connectivity index (χ1) is 12.6. The Hall–Kier alpha value is -2.79. The number of fused-ring (bicyclic) bond motifs is 1. The van der Waals surface area contributed by atoms with Gasteiger partial charge in [0.15, 0.2) is 0 Å². The minimum absolute atomic E-state index is 0.146. The summed E-state index contributed by atoms with van der Waals surface area (Å²) in [5.74, 6) is 0.541. The van der Waals surface area contributed by atoms with Gasteiger partial charge < -0.3 is 20.4 Å². The standard InChI is InChI=1S/C21H25N3O2/c1-15(2)22-12-6-14-26-20-10-4-3-8-19(20)24-21(25)17-7-5-9-18-16(17)11-13-23-18/h3-5,7-11,13,15,22-23H,6,12,14H2,1-2H3,(H,24,25). The fraction of sp³-hybridized carbons (Fsp3) is 0.286. The highest BCUT2D eigenvalue weighted by atomic mass is 16.5. The minimum Gasteiger partial charge on any atom is -0.491 e. The van der Waals surface area contributed by atoms with Gasteiger partial charge in [-0.2, -0.15) is 0 Å². The van der Waals surface area contributed by atoms with Gasteiger partial charge >= 0.3 is 0 Å². The lowest BCUT2D eigenvalue weighted by Gasteiger charge is -2.13. The highest BCUT2D eigenvalue weighted by Gasteiger charge is 2.13. The molecule has 3 N–H and O–H groups in total. The van der Waals surface area contributed by atoms with E-state index < -0.39 is 0 Å². The van der Waals surface area contributed by atoms with Crippen molar-refractivity contribution in [2.75, 3.05) is 18.5 Å². The van der Waals surface area contributed by atoms with Crippen molar-refractivity contribution in [2.45, 2.75) is 26.3 Å². The highest BCUT2D eigenvalue weighted by Crippen LogP contribution is 2.26. The molecule has 3 aromatic rings. The first kappa shape index (κ1) is 18.0. The molecule has 0 bridgehead atoms. The number of para-hydroxylation sites is 2. The summed E-state index contributed by atoms with van der Waals surface area (Å²) >= 11 is 0. The molecule has 0 spiro atoms. The summed E-state index contributed by atoms with van der Waals surface area (Å²) in [4.78, 5) is 15.9. The normalized spacial score (nSPS) is 11.0. The number of H-pyrrole nitrogens is 1. The number of anilines is 1. The Bertz CT molecular complexity index is 870. The number of aromatic amines is 1. The number of carbonyl (C=O) groups is 1. The van der Waals surface area contributed by atoms with Crippen LogP contribution in [0.1, 0.15) is 30.6 Å². The topological polar surface area (TPSA) is 66.2 Å². The molecular formula is C21H25N3O2. The Balaban J connectivity index is 1.66. The van der Waals surface area contributed by atoms with E-state index in [2.05, 4.69) is 29.5 Å². The van der Waals surface area contributed by atoms with Gasteiger partial charge in [0.05, 0.1) is 12.3 Å². The van der Waals surface area contributed by atoms with Gasteiger partial charge in [0.25, 0.3) is 5.91 Å². The van der Waals surface area contributed by atoms with E-state index in [1.807, 2.05) is 54.7 Å². The number of carbonyl (C=O) groups excluding carboxylic acids is 1. The van der Waals surface area contributed by atoms with Crippen LogP contribution in [0.4, 0.5) is 5.69 Å². The number of amides is 1. The molecule has 0 saturated carbocycles. The van der Waals surface area contributed by atoms with Crippen LogP contribution in [0.2, 0.25) is 0 Å². The second kappa shape index (κ2) is 8.54. The molecular weight excluding hydrogens is 326 g/mol. The van der Waals surface area contributed by atoms with E-state index in [-0.39, 0.29) is 5.91 Å². The van der Waals surface area contributed by atoms with Gasteiger partial charge in [0.2, 0.25) is 0 Å². The molecule has 0 unspecified atom stereocenters. The third-order valence-corrected chi connectivity index (χ3v) is 4.11. The van der Waals surface area contributed by atoms with E-state index in [0.717, 1.165) is 23.9 Å². The molecule has 5 heteroatoms. The zero-order valence-electron chi connectivity index (χ0n) is 15.2. The zero-order valence-corrected chi connectivity index (χ0v) is 15.2. The van der Waals surface area contributed by atoms with Crippen molar-refractivity contribution in [1.82, 2.24) is 10.3 Å². The SMILES string of the molecule is CC(C)NCCCOc1ccccc1NC(=O)c1cccc2[nH]ccc12. The van der Waals surface area contributed by atoms with Gasteiger partial charge in [-0.05, 0) is 43.3 Å². The molecule has 136 valence electrons. The first-order valence-corrected chi connectivity index (χ1v) is 8.98. The summed E-state index contributed by atoms with van der Waals surface area (Å²) in [6, 6.07) is 15.6. The molecule has 0 fully saturated rings. The molecule has 0 radical (unpaired) electrons.